The van der Waals surface area contributed by atoms with Crippen LogP contribution in [0, 0.1) is 0 Å². The Morgan fingerprint density at radius 1 is 1.39 bits per heavy atom. The highest BCUT2D eigenvalue weighted by molar-refractivity contribution is 8.16. The number of hydrogen-bond donors (Lipinski definition) is 1. The maximum Gasteiger partial charge on any atom is 0.410 e. The number of amides is 1. The monoisotopic (exact) mass is 404 g/mol. The molecule has 1 saturated heterocycles. The molecule has 8 heteroatoms. The maximum atomic E-state index is 12.3. The lowest BCUT2D eigenvalue weighted by atomic mass is 10.1. The van der Waals surface area contributed by atoms with Gasteiger partial charge < -0.3 is 19.7 Å². The predicted molar refractivity (Wildman–Crippen MR) is 113 cm³/mol. The number of pyridine rings is 1. The van der Waals surface area contributed by atoms with Crippen molar-refractivity contribution in [1.29, 1.82) is 0 Å². The average Bonchev–Trinajstić information content (AvgIpc) is 2.63. The number of hydrogen-bond acceptors (Lipinski definition) is 7. The minimum Gasteiger partial charge on any atom is -0.488 e. The van der Waals surface area contributed by atoms with Crippen molar-refractivity contribution in [1.82, 2.24) is 9.88 Å². The highest BCUT2D eigenvalue weighted by Crippen LogP contribution is 2.23. The summed E-state index contributed by atoms with van der Waals surface area (Å²) in [6.07, 6.45) is 3.15. The lowest BCUT2D eigenvalue weighted by Gasteiger charge is -2.34. The summed E-state index contributed by atoms with van der Waals surface area (Å²) in [4.78, 5) is 22.9. The number of thioether (sulfide) groups is 1. The summed E-state index contributed by atoms with van der Waals surface area (Å²) >= 11 is 1.55. The summed E-state index contributed by atoms with van der Waals surface area (Å²) < 4.78 is 11.6. The van der Waals surface area contributed by atoms with E-state index in [1.54, 1.807) is 22.9 Å². The molecule has 1 unspecified atom stereocenters. The van der Waals surface area contributed by atoms with Gasteiger partial charge in [0, 0.05) is 18.8 Å². The number of rotatable bonds is 3. The number of anilines is 1. The van der Waals surface area contributed by atoms with E-state index >= 15 is 0 Å². The van der Waals surface area contributed by atoms with Crippen molar-refractivity contribution in [3.8, 4) is 5.75 Å². The molecule has 1 fully saturated rings. The van der Waals surface area contributed by atoms with Crippen molar-refractivity contribution < 1.29 is 14.3 Å². The van der Waals surface area contributed by atoms with Gasteiger partial charge >= 0.3 is 6.09 Å². The lowest BCUT2D eigenvalue weighted by Crippen LogP contribution is -2.46. The normalized spacial score (nSPS) is 20.1. The molecular weight excluding hydrogens is 376 g/mol. The SMILES string of the molecule is CC1=CSC(Nc2cc(OC3CCCN(C(=O)OC(C)(C)C)C3)ccn2)=NC1. The second-order valence-electron chi connectivity index (χ2n) is 8.01. The van der Waals surface area contributed by atoms with Gasteiger partial charge in [0.25, 0.3) is 0 Å². The molecule has 152 valence electrons. The van der Waals surface area contributed by atoms with Crippen LogP contribution in [0.1, 0.15) is 40.5 Å². The molecule has 0 aromatic carbocycles. The Balaban J connectivity index is 1.57. The van der Waals surface area contributed by atoms with Crippen LogP contribution in [-0.4, -0.2) is 52.5 Å². The molecule has 7 nitrogen and oxygen atoms in total. The van der Waals surface area contributed by atoms with E-state index in [4.69, 9.17) is 9.47 Å². The fraction of sp³-hybridized carbons (Fsp3) is 0.550. The van der Waals surface area contributed by atoms with E-state index in [2.05, 4.69) is 27.6 Å². The Morgan fingerprint density at radius 3 is 2.93 bits per heavy atom. The summed E-state index contributed by atoms with van der Waals surface area (Å²) in [6.45, 7) is 9.61. The molecule has 1 atom stereocenters. The van der Waals surface area contributed by atoms with Gasteiger partial charge in [0.05, 0.1) is 13.1 Å². The molecule has 1 aromatic heterocycles. The van der Waals surface area contributed by atoms with Gasteiger partial charge in [0.15, 0.2) is 5.17 Å². The summed E-state index contributed by atoms with van der Waals surface area (Å²) in [5.74, 6) is 1.41. The Morgan fingerprint density at radius 2 is 2.21 bits per heavy atom. The number of aromatic nitrogens is 1. The van der Waals surface area contributed by atoms with Gasteiger partial charge in [-0.3, -0.25) is 4.99 Å². The largest absolute Gasteiger partial charge is 0.488 e. The summed E-state index contributed by atoms with van der Waals surface area (Å²) in [7, 11) is 0. The second kappa shape index (κ2) is 8.86. The van der Waals surface area contributed by atoms with E-state index in [0.717, 1.165) is 23.8 Å². The van der Waals surface area contributed by atoms with Crippen LogP contribution in [0.25, 0.3) is 0 Å². The topological polar surface area (TPSA) is 76.0 Å². The van der Waals surface area contributed by atoms with Crippen LogP contribution in [-0.2, 0) is 4.74 Å². The van der Waals surface area contributed by atoms with Gasteiger partial charge in [0.2, 0.25) is 0 Å². The van der Waals surface area contributed by atoms with Gasteiger partial charge in [-0.25, -0.2) is 9.78 Å². The zero-order valence-electron chi connectivity index (χ0n) is 16.9. The van der Waals surface area contributed by atoms with Crippen LogP contribution in [0.5, 0.6) is 5.75 Å². The first-order valence-electron chi connectivity index (χ1n) is 9.53. The molecule has 1 N–H and O–H groups in total. The molecule has 1 amide bonds. The molecule has 2 aliphatic heterocycles. The van der Waals surface area contributed by atoms with Crippen molar-refractivity contribution in [3.63, 3.8) is 0 Å². The highest BCUT2D eigenvalue weighted by Gasteiger charge is 2.28. The molecule has 0 spiro atoms. The Kier molecular flexibility index (Phi) is 6.49. The van der Waals surface area contributed by atoms with E-state index in [1.807, 2.05) is 32.9 Å². The fourth-order valence-electron chi connectivity index (χ4n) is 2.88. The first-order valence-corrected chi connectivity index (χ1v) is 10.4. The molecule has 1 aromatic rings. The van der Waals surface area contributed by atoms with Gasteiger partial charge in [0.1, 0.15) is 23.3 Å². The van der Waals surface area contributed by atoms with Crippen molar-refractivity contribution in [2.24, 2.45) is 4.99 Å². The number of carbonyl (C=O) groups is 1. The smallest absolute Gasteiger partial charge is 0.410 e. The van der Waals surface area contributed by atoms with Crippen molar-refractivity contribution >= 4 is 28.8 Å². The first kappa shape index (κ1) is 20.5. The Hall–Kier alpha value is -2.22. The summed E-state index contributed by atoms with van der Waals surface area (Å²) in [6, 6.07) is 3.69. The van der Waals surface area contributed by atoms with Gasteiger partial charge in [-0.15, -0.1) is 0 Å². The third-order valence-electron chi connectivity index (χ3n) is 4.14. The molecule has 2 aliphatic rings. The quantitative estimate of drug-likeness (QED) is 0.810. The third kappa shape index (κ3) is 6.15. The van der Waals surface area contributed by atoms with Crippen molar-refractivity contribution in [2.75, 3.05) is 25.0 Å². The van der Waals surface area contributed by atoms with E-state index in [0.29, 0.717) is 25.5 Å². The highest BCUT2D eigenvalue weighted by atomic mass is 32.2. The van der Waals surface area contributed by atoms with Crippen LogP contribution in [0.4, 0.5) is 10.6 Å². The second-order valence-corrected chi connectivity index (χ2v) is 8.87. The first-order chi connectivity index (χ1) is 13.3. The van der Waals surface area contributed by atoms with Crippen LogP contribution >= 0.6 is 11.8 Å². The van der Waals surface area contributed by atoms with Crippen LogP contribution in [0.2, 0.25) is 0 Å². The minimum absolute atomic E-state index is 0.0662. The zero-order valence-corrected chi connectivity index (χ0v) is 17.7. The molecule has 0 radical (unpaired) electrons. The molecular formula is C20H28N4O3S. The lowest BCUT2D eigenvalue weighted by molar-refractivity contribution is 0.00775. The summed E-state index contributed by atoms with van der Waals surface area (Å²) in [5.41, 5.74) is 0.747. The summed E-state index contributed by atoms with van der Waals surface area (Å²) in [5, 5.41) is 6.13. The number of amidine groups is 1. The Labute approximate surface area is 170 Å². The number of carbonyl (C=O) groups excluding carboxylic acids is 1. The number of nitrogens with zero attached hydrogens (tertiary/aromatic N) is 3. The maximum absolute atomic E-state index is 12.3. The van der Waals surface area contributed by atoms with Gasteiger partial charge in [-0.2, -0.15) is 0 Å². The number of likely N-dealkylation sites (tertiary alicyclic amines) is 1. The van der Waals surface area contributed by atoms with Crippen molar-refractivity contribution in [3.05, 3.63) is 29.3 Å². The standard InChI is InChI=1S/C20H28N4O3S/c1-14-11-22-18(28-13-14)23-17-10-15(7-8-21-17)26-16-6-5-9-24(12-16)19(25)27-20(2,3)4/h7-8,10,13,16H,5-6,9,11-12H2,1-4H3,(H,21,22,23). The van der Waals surface area contributed by atoms with E-state index in [9.17, 15) is 4.79 Å². The molecule has 3 rings (SSSR count). The molecule has 0 bridgehead atoms. The number of nitrogens with one attached hydrogen (secondary N) is 1. The minimum atomic E-state index is -0.496. The number of ether oxygens (including phenoxy) is 2. The molecule has 0 aliphatic carbocycles. The van der Waals surface area contributed by atoms with Gasteiger partial charge in [-0.05, 0) is 57.6 Å². The van der Waals surface area contributed by atoms with E-state index in [-0.39, 0.29) is 12.2 Å². The molecule has 0 saturated carbocycles. The third-order valence-corrected chi connectivity index (χ3v) is 5.12. The zero-order chi connectivity index (χ0) is 20.1. The van der Waals surface area contributed by atoms with Gasteiger partial charge in [-0.1, -0.05) is 11.8 Å². The Bertz CT molecular complexity index is 773. The fourth-order valence-corrected chi connectivity index (χ4v) is 3.57. The molecule has 3 heterocycles. The van der Waals surface area contributed by atoms with E-state index < -0.39 is 5.60 Å². The van der Waals surface area contributed by atoms with Crippen LogP contribution in [0.3, 0.4) is 0 Å². The number of aliphatic imine (C=N–C) groups is 1. The predicted octanol–water partition coefficient (Wildman–Crippen LogP) is 4.28. The average molecular weight is 405 g/mol. The van der Waals surface area contributed by atoms with Crippen LogP contribution < -0.4 is 10.1 Å². The molecule has 28 heavy (non-hydrogen) atoms. The van der Waals surface area contributed by atoms with Crippen molar-refractivity contribution in [2.45, 2.75) is 52.2 Å². The number of piperidine rings is 1. The van der Waals surface area contributed by atoms with Crippen LogP contribution in [0.15, 0.2) is 34.3 Å². The van der Waals surface area contributed by atoms with E-state index in [1.165, 1.54) is 5.57 Å².